The largest absolute Gasteiger partial charge is 0.368 e. The highest BCUT2D eigenvalue weighted by atomic mass is 16.2. The van der Waals surface area contributed by atoms with Gasteiger partial charge < -0.3 is 21.4 Å². The summed E-state index contributed by atoms with van der Waals surface area (Å²) in [6.07, 6.45) is 3.44. The molecule has 8 heteroatoms. The third kappa shape index (κ3) is 2.69. The highest BCUT2D eigenvalue weighted by Gasteiger charge is 2.35. The van der Waals surface area contributed by atoms with Gasteiger partial charge in [-0.15, -0.1) is 0 Å². The van der Waals surface area contributed by atoms with E-state index in [1.165, 1.54) is 11.2 Å². The molecule has 0 aliphatic carbocycles. The summed E-state index contributed by atoms with van der Waals surface area (Å²) in [4.78, 5) is 42.3. The molecule has 0 bridgehead atoms. The van der Waals surface area contributed by atoms with E-state index >= 15 is 0 Å². The average molecular weight is 279 g/mol. The van der Waals surface area contributed by atoms with Crippen LogP contribution in [0.2, 0.25) is 0 Å². The fourth-order valence-electron chi connectivity index (χ4n) is 2.44. The molecule has 5 N–H and O–H groups in total. The number of nitrogens with two attached hydrogens (primary N) is 2. The number of carbonyl (C=O) groups excluding carboxylic acids is 3. The predicted molar refractivity (Wildman–Crippen MR) is 69.6 cm³/mol. The Morgan fingerprint density at radius 3 is 3.00 bits per heavy atom. The minimum absolute atomic E-state index is 0.162. The Morgan fingerprint density at radius 2 is 2.35 bits per heavy atom. The molecule has 8 nitrogen and oxygen atoms in total. The fraction of sp³-hybridized carbons (Fsp3) is 0.500. The van der Waals surface area contributed by atoms with Crippen LogP contribution in [-0.2, 0) is 16.0 Å². The molecule has 2 rings (SSSR count). The maximum atomic E-state index is 12.3. The Balaban J connectivity index is 2.05. The number of nitrogens with zero attached hydrogens (tertiary/aromatic N) is 2. The topological polar surface area (TPSA) is 135 Å². The first-order valence-corrected chi connectivity index (χ1v) is 6.37. The number of aldehydes is 1. The SMILES string of the molecule is NC(=O)[C@@H]1CCCN1C(=O)[C@@H](N)Cc1[nH]cnc1C=O. The maximum absolute atomic E-state index is 12.3. The molecule has 0 aromatic carbocycles. The van der Waals surface area contributed by atoms with Crippen LogP contribution in [-0.4, -0.2) is 51.6 Å². The van der Waals surface area contributed by atoms with Crippen molar-refractivity contribution in [2.24, 2.45) is 11.5 Å². The van der Waals surface area contributed by atoms with E-state index < -0.39 is 18.0 Å². The molecule has 1 aromatic rings. The summed E-state index contributed by atoms with van der Waals surface area (Å²) in [5.41, 5.74) is 11.9. The molecule has 1 fully saturated rings. The predicted octanol–water partition coefficient (Wildman–Crippen LogP) is -1.43. The number of primary amides is 1. The molecule has 0 radical (unpaired) electrons. The number of carbonyl (C=O) groups is 3. The van der Waals surface area contributed by atoms with Gasteiger partial charge in [-0.3, -0.25) is 14.4 Å². The summed E-state index contributed by atoms with van der Waals surface area (Å²) in [5, 5.41) is 0. The molecule has 0 unspecified atom stereocenters. The standard InChI is InChI=1S/C12H17N5O3/c13-7(4-8-9(5-18)16-6-15-8)12(20)17-3-1-2-10(17)11(14)19/h5-7,10H,1-4,13H2,(H2,14,19)(H,15,16)/t7-,10-/m0/s1. The molecule has 2 amide bonds. The highest BCUT2D eigenvalue weighted by molar-refractivity contribution is 5.89. The molecular formula is C12H17N5O3. The molecular weight excluding hydrogens is 262 g/mol. The highest BCUT2D eigenvalue weighted by Crippen LogP contribution is 2.18. The van der Waals surface area contributed by atoms with Crippen molar-refractivity contribution in [2.45, 2.75) is 31.3 Å². The summed E-state index contributed by atoms with van der Waals surface area (Å²) >= 11 is 0. The molecule has 108 valence electrons. The summed E-state index contributed by atoms with van der Waals surface area (Å²) in [6.45, 7) is 0.476. The zero-order valence-corrected chi connectivity index (χ0v) is 10.9. The first-order valence-electron chi connectivity index (χ1n) is 6.37. The molecule has 20 heavy (non-hydrogen) atoms. The molecule has 0 spiro atoms. The van der Waals surface area contributed by atoms with Gasteiger partial charge in [-0.25, -0.2) is 4.98 Å². The number of nitrogens with one attached hydrogen (secondary N) is 1. The fourth-order valence-corrected chi connectivity index (χ4v) is 2.44. The Labute approximate surface area is 115 Å². The molecule has 1 aliphatic heterocycles. The van der Waals surface area contributed by atoms with E-state index in [1.807, 2.05) is 0 Å². The van der Waals surface area contributed by atoms with E-state index in [1.54, 1.807) is 0 Å². The van der Waals surface area contributed by atoms with Gasteiger partial charge in [-0.1, -0.05) is 0 Å². The average Bonchev–Trinajstić information content (AvgIpc) is 3.05. The number of hydrogen-bond donors (Lipinski definition) is 3. The molecule has 1 aliphatic rings. The van der Waals surface area contributed by atoms with Crippen molar-refractivity contribution in [1.29, 1.82) is 0 Å². The molecule has 0 saturated carbocycles. The minimum Gasteiger partial charge on any atom is -0.368 e. The number of hydrogen-bond acceptors (Lipinski definition) is 5. The van der Waals surface area contributed by atoms with Crippen LogP contribution in [0.3, 0.4) is 0 Å². The first kappa shape index (κ1) is 14.2. The number of likely N-dealkylation sites (tertiary alicyclic amines) is 1. The number of rotatable bonds is 5. The quantitative estimate of drug-likeness (QED) is 0.568. The number of imidazole rings is 1. The van der Waals surface area contributed by atoms with Gasteiger partial charge in [-0.2, -0.15) is 0 Å². The first-order chi connectivity index (χ1) is 9.54. The van der Waals surface area contributed by atoms with Gasteiger partial charge in [0, 0.05) is 18.7 Å². The van der Waals surface area contributed by atoms with Crippen LogP contribution >= 0.6 is 0 Å². The van der Waals surface area contributed by atoms with Crippen LogP contribution in [0.15, 0.2) is 6.33 Å². The second-order valence-corrected chi connectivity index (χ2v) is 4.79. The van der Waals surface area contributed by atoms with Gasteiger partial charge in [0.1, 0.15) is 11.7 Å². The molecule has 1 aromatic heterocycles. The van der Waals surface area contributed by atoms with Crippen LogP contribution < -0.4 is 11.5 Å². The summed E-state index contributed by atoms with van der Waals surface area (Å²) in [6, 6.07) is -1.42. The third-order valence-corrected chi connectivity index (χ3v) is 3.47. The molecule has 2 atom stereocenters. The second kappa shape index (κ2) is 5.83. The van der Waals surface area contributed by atoms with Gasteiger partial charge in [-0.05, 0) is 12.8 Å². The van der Waals surface area contributed by atoms with E-state index in [4.69, 9.17) is 11.5 Å². The number of aromatic amines is 1. The van der Waals surface area contributed by atoms with Crippen LogP contribution in [0.1, 0.15) is 29.0 Å². The van der Waals surface area contributed by atoms with E-state index in [9.17, 15) is 14.4 Å². The Kier molecular flexibility index (Phi) is 4.14. The van der Waals surface area contributed by atoms with Gasteiger partial charge in [0.2, 0.25) is 11.8 Å². The summed E-state index contributed by atoms with van der Waals surface area (Å²) < 4.78 is 0. The smallest absolute Gasteiger partial charge is 0.240 e. The summed E-state index contributed by atoms with van der Waals surface area (Å²) in [7, 11) is 0. The molecule has 2 heterocycles. The molecule has 1 saturated heterocycles. The van der Waals surface area contributed by atoms with E-state index in [0.717, 1.165) is 6.42 Å². The normalized spacial score (nSPS) is 19.9. The zero-order valence-electron chi connectivity index (χ0n) is 10.9. The lowest BCUT2D eigenvalue weighted by atomic mass is 10.1. The van der Waals surface area contributed by atoms with E-state index in [0.29, 0.717) is 24.9 Å². The number of H-pyrrole nitrogens is 1. The van der Waals surface area contributed by atoms with Gasteiger partial charge in [0.25, 0.3) is 0 Å². The Morgan fingerprint density at radius 1 is 1.60 bits per heavy atom. The van der Waals surface area contributed by atoms with Crippen molar-refractivity contribution in [3.63, 3.8) is 0 Å². The van der Waals surface area contributed by atoms with Gasteiger partial charge in [0.15, 0.2) is 6.29 Å². The van der Waals surface area contributed by atoms with Crippen molar-refractivity contribution >= 4 is 18.1 Å². The lowest BCUT2D eigenvalue weighted by molar-refractivity contribution is -0.138. The van der Waals surface area contributed by atoms with Crippen molar-refractivity contribution in [2.75, 3.05) is 6.54 Å². The van der Waals surface area contributed by atoms with E-state index in [-0.39, 0.29) is 18.0 Å². The minimum atomic E-state index is -0.839. The second-order valence-electron chi connectivity index (χ2n) is 4.79. The van der Waals surface area contributed by atoms with Crippen LogP contribution in [0.4, 0.5) is 0 Å². The van der Waals surface area contributed by atoms with Crippen molar-refractivity contribution in [3.05, 3.63) is 17.7 Å². The maximum Gasteiger partial charge on any atom is 0.240 e. The lowest BCUT2D eigenvalue weighted by Crippen LogP contribution is -2.50. The van der Waals surface area contributed by atoms with Crippen molar-refractivity contribution < 1.29 is 14.4 Å². The number of aromatic nitrogens is 2. The van der Waals surface area contributed by atoms with Crippen LogP contribution in [0.25, 0.3) is 0 Å². The van der Waals surface area contributed by atoms with E-state index in [2.05, 4.69) is 9.97 Å². The van der Waals surface area contributed by atoms with Gasteiger partial charge >= 0.3 is 0 Å². The third-order valence-electron chi connectivity index (χ3n) is 3.47. The number of amides is 2. The Bertz CT molecular complexity index is 527. The lowest BCUT2D eigenvalue weighted by Gasteiger charge is -2.25. The van der Waals surface area contributed by atoms with Crippen LogP contribution in [0.5, 0.6) is 0 Å². The van der Waals surface area contributed by atoms with Crippen molar-refractivity contribution in [3.8, 4) is 0 Å². The van der Waals surface area contributed by atoms with Crippen LogP contribution in [0, 0.1) is 0 Å². The summed E-state index contributed by atoms with van der Waals surface area (Å²) in [5.74, 6) is -0.851. The van der Waals surface area contributed by atoms with Crippen molar-refractivity contribution in [1.82, 2.24) is 14.9 Å². The van der Waals surface area contributed by atoms with Gasteiger partial charge in [0.05, 0.1) is 12.4 Å². The monoisotopic (exact) mass is 279 g/mol. The Hall–Kier alpha value is -2.22. The zero-order chi connectivity index (χ0) is 14.7.